The Morgan fingerprint density at radius 2 is 2.11 bits per heavy atom. The van der Waals surface area contributed by atoms with Crippen LogP contribution in [-0.4, -0.2) is 41.0 Å². The van der Waals surface area contributed by atoms with Gasteiger partial charge >= 0.3 is 0 Å². The summed E-state index contributed by atoms with van der Waals surface area (Å²) in [4.78, 5) is 18.3. The van der Waals surface area contributed by atoms with Crippen LogP contribution in [0.2, 0.25) is 0 Å². The first-order valence-corrected chi connectivity index (χ1v) is 6.52. The molecule has 2 atom stereocenters. The third-order valence-electron chi connectivity index (χ3n) is 2.98. The molecule has 4 nitrogen and oxygen atoms in total. The van der Waals surface area contributed by atoms with Gasteiger partial charge in [0.2, 0.25) is 0 Å². The van der Waals surface area contributed by atoms with Crippen LogP contribution in [0.3, 0.4) is 0 Å². The van der Waals surface area contributed by atoms with Crippen LogP contribution in [0.4, 0.5) is 0 Å². The zero-order valence-electron chi connectivity index (χ0n) is 10.8. The standard InChI is InChI=1S/C12H16BrN3O.2ClH/c1-8-7-16(9(2)4-15-8)12(17)10-3-11(13)6-14-5-10;;/h3,5-6,8-9,15H,4,7H2,1-2H3;2*1H. The number of hydrogen-bond donors (Lipinski definition) is 1. The topological polar surface area (TPSA) is 45.2 Å². The van der Waals surface area contributed by atoms with Crippen molar-refractivity contribution in [2.24, 2.45) is 0 Å². The largest absolute Gasteiger partial charge is 0.333 e. The minimum atomic E-state index is 0. The molecule has 2 rings (SSSR count). The smallest absolute Gasteiger partial charge is 0.255 e. The van der Waals surface area contributed by atoms with Crippen molar-refractivity contribution in [1.29, 1.82) is 0 Å². The number of aromatic nitrogens is 1. The Labute approximate surface area is 134 Å². The fraction of sp³-hybridized carbons (Fsp3) is 0.500. The summed E-state index contributed by atoms with van der Waals surface area (Å²) in [5, 5.41) is 3.36. The van der Waals surface area contributed by atoms with Crippen LogP contribution < -0.4 is 5.32 Å². The molecule has 1 aromatic rings. The van der Waals surface area contributed by atoms with Crippen molar-refractivity contribution < 1.29 is 4.79 Å². The molecule has 2 unspecified atom stereocenters. The number of nitrogens with zero attached hydrogens (tertiary/aromatic N) is 2. The van der Waals surface area contributed by atoms with E-state index in [-0.39, 0.29) is 36.8 Å². The Kier molecular flexibility index (Phi) is 7.89. The molecular formula is C12H18BrCl2N3O. The molecule has 2 heterocycles. The normalized spacial score (nSPS) is 22.2. The number of carbonyl (C=O) groups excluding carboxylic acids is 1. The lowest BCUT2D eigenvalue weighted by molar-refractivity contribution is 0.0616. The van der Waals surface area contributed by atoms with E-state index in [9.17, 15) is 4.79 Å². The Morgan fingerprint density at radius 1 is 1.42 bits per heavy atom. The summed E-state index contributed by atoms with van der Waals surface area (Å²) in [7, 11) is 0. The van der Waals surface area contributed by atoms with Gasteiger partial charge in [-0.3, -0.25) is 9.78 Å². The summed E-state index contributed by atoms with van der Waals surface area (Å²) in [6.45, 7) is 5.73. The highest BCUT2D eigenvalue weighted by Crippen LogP contribution is 2.15. The summed E-state index contributed by atoms with van der Waals surface area (Å²) in [6.07, 6.45) is 3.30. The fourth-order valence-corrected chi connectivity index (χ4v) is 2.36. The summed E-state index contributed by atoms with van der Waals surface area (Å²) in [6, 6.07) is 2.38. The van der Waals surface area contributed by atoms with Crippen molar-refractivity contribution in [2.75, 3.05) is 13.1 Å². The fourth-order valence-electron chi connectivity index (χ4n) is 2.00. The first-order valence-electron chi connectivity index (χ1n) is 5.73. The van der Waals surface area contributed by atoms with Crippen LogP contribution in [0.15, 0.2) is 22.9 Å². The number of amides is 1. The van der Waals surface area contributed by atoms with E-state index in [0.29, 0.717) is 11.6 Å². The zero-order valence-corrected chi connectivity index (χ0v) is 14.0. The van der Waals surface area contributed by atoms with Crippen molar-refractivity contribution in [1.82, 2.24) is 15.2 Å². The van der Waals surface area contributed by atoms with Gasteiger partial charge in [0.25, 0.3) is 5.91 Å². The number of piperazine rings is 1. The Bertz CT molecular complexity index is 433. The lowest BCUT2D eigenvalue weighted by atomic mass is 10.1. The van der Waals surface area contributed by atoms with Crippen molar-refractivity contribution in [3.63, 3.8) is 0 Å². The number of rotatable bonds is 1. The van der Waals surface area contributed by atoms with Gasteiger partial charge in [-0.05, 0) is 35.8 Å². The Balaban J connectivity index is 0.00000162. The third-order valence-corrected chi connectivity index (χ3v) is 3.41. The van der Waals surface area contributed by atoms with E-state index < -0.39 is 0 Å². The van der Waals surface area contributed by atoms with Crippen LogP contribution in [0.5, 0.6) is 0 Å². The number of halogens is 3. The maximum absolute atomic E-state index is 12.3. The lowest BCUT2D eigenvalue weighted by Gasteiger charge is -2.37. The molecule has 1 aromatic heterocycles. The van der Waals surface area contributed by atoms with Gasteiger partial charge in [-0.1, -0.05) is 0 Å². The molecule has 0 spiro atoms. The average molecular weight is 371 g/mol. The summed E-state index contributed by atoms with van der Waals surface area (Å²) >= 11 is 3.34. The molecule has 0 aromatic carbocycles. The molecule has 1 amide bonds. The van der Waals surface area contributed by atoms with Crippen molar-refractivity contribution in [3.8, 4) is 0 Å². The minimum absolute atomic E-state index is 0. The zero-order chi connectivity index (χ0) is 12.4. The van der Waals surface area contributed by atoms with Gasteiger partial charge in [0.05, 0.1) is 5.56 Å². The third kappa shape index (κ3) is 4.60. The molecular weight excluding hydrogens is 353 g/mol. The molecule has 1 aliphatic rings. The predicted octanol–water partition coefficient (Wildman–Crippen LogP) is 2.51. The van der Waals surface area contributed by atoms with E-state index in [1.807, 2.05) is 11.0 Å². The molecule has 0 bridgehead atoms. The van der Waals surface area contributed by atoms with Gasteiger partial charge in [0, 0.05) is 42.0 Å². The van der Waals surface area contributed by atoms with E-state index in [4.69, 9.17) is 0 Å². The number of pyridine rings is 1. The van der Waals surface area contributed by atoms with E-state index in [0.717, 1.165) is 17.6 Å². The van der Waals surface area contributed by atoms with Gasteiger partial charge in [0.15, 0.2) is 0 Å². The second kappa shape index (κ2) is 8.04. The monoisotopic (exact) mass is 369 g/mol. The van der Waals surface area contributed by atoms with Crippen molar-refractivity contribution in [2.45, 2.75) is 25.9 Å². The number of nitrogens with one attached hydrogen (secondary N) is 1. The van der Waals surface area contributed by atoms with Crippen LogP contribution >= 0.6 is 40.7 Å². The van der Waals surface area contributed by atoms with E-state index in [2.05, 4.69) is 40.1 Å². The highest BCUT2D eigenvalue weighted by atomic mass is 79.9. The average Bonchev–Trinajstić information content (AvgIpc) is 2.31. The number of carbonyl (C=O) groups is 1. The summed E-state index contributed by atoms with van der Waals surface area (Å²) in [5.41, 5.74) is 0.639. The minimum Gasteiger partial charge on any atom is -0.333 e. The SMILES string of the molecule is CC1CN(C(=O)c2cncc(Br)c2)C(C)CN1.Cl.Cl. The van der Waals surface area contributed by atoms with Gasteiger partial charge in [0.1, 0.15) is 0 Å². The number of hydrogen-bond acceptors (Lipinski definition) is 3. The van der Waals surface area contributed by atoms with E-state index >= 15 is 0 Å². The van der Waals surface area contributed by atoms with Crippen molar-refractivity contribution in [3.05, 3.63) is 28.5 Å². The lowest BCUT2D eigenvalue weighted by Crippen LogP contribution is -2.56. The highest BCUT2D eigenvalue weighted by Gasteiger charge is 2.27. The summed E-state index contributed by atoms with van der Waals surface area (Å²) < 4.78 is 0.833. The predicted molar refractivity (Wildman–Crippen MR) is 84.4 cm³/mol. The molecule has 0 saturated carbocycles. The van der Waals surface area contributed by atoms with E-state index in [1.165, 1.54) is 0 Å². The maximum Gasteiger partial charge on any atom is 0.255 e. The molecule has 1 saturated heterocycles. The van der Waals surface area contributed by atoms with Crippen LogP contribution in [0.25, 0.3) is 0 Å². The van der Waals surface area contributed by atoms with Crippen LogP contribution in [-0.2, 0) is 0 Å². The second-order valence-electron chi connectivity index (χ2n) is 4.51. The summed E-state index contributed by atoms with van der Waals surface area (Å²) in [5.74, 6) is 0.0552. The quantitative estimate of drug-likeness (QED) is 0.826. The first kappa shape index (κ1) is 18.6. The van der Waals surface area contributed by atoms with Gasteiger partial charge in [-0.15, -0.1) is 24.8 Å². The Hall–Kier alpha value is -0.360. The molecule has 1 aliphatic heterocycles. The maximum atomic E-state index is 12.3. The van der Waals surface area contributed by atoms with Crippen LogP contribution in [0.1, 0.15) is 24.2 Å². The van der Waals surface area contributed by atoms with Gasteiger partial charge in [-0.25, -0.2) is 0 Å². The van der Waals surface area contributed by atoms with Crippen LogP contribution in [0, 0.1) is 0 Å². The molecule has 1 fully saturated rings. The Morgan fingerprint density at radius 3 is 2.74 bits per heavy atom. The highest BCUT2D eigenvalue weighted by molar-refractivity contribution is 9.10. The second-order valence-corrected chi connectivity index (χ2v) is 5.42. The molecule has 7 heteroatoms. The van der Waals surface area contributed by atoms with E-state index in [1.54, 1.807) is 12.4 Å². The molecule has 0 radical (unpaired) electrons. The molecule has 1 N–H and O–H groups in total. The van der Waals surface area contributed by atoms with Gasteiger partial charge < -0.3 is 10.2 Å². The molecule has 108 valence electrons. The molecule has 19 heavy (non-hydrogen) atoms. The molecule has 0 aliphatic carbocycles. The van der Waals surface area contributed by atoms with Gasteiger partial charge in [-0.2, -0.15) is 0 Å². The van der Waals surface area contributed by atoms with Crippen molar-refractivity contribution >= 4 is 46.7 Å². The first-order chi connectivity index (χ1) is 8.08.